The van der Waals surface area contributed by atoms with Crippen LogP contribution < -0.4 is 4.72 Å². The molecule has 0 aliphatic carbocycles. The smallest absolute Gasteiger partial charge is 0.246 e. The molecule has 5 nitrogen and oxygen atoms in total. The van der Waals surface area contributed by atoms with E-state index in [1.807, 2.05) is 4.72 Å². The van der Waals surface area contributed by atoms with Crippen molar-refractivity contribution in [1.29, 1.82) is 0 Å². The minimum absolute atomic E-state index is 0.270. The van der Waals surface area contributed by atoms with Crippen LogP contribution in [0.4, 0.5) is 13.2 Å². The fourth-order valence-electron chi connectivity index (χ4n) is 1.42. The lowest BCUT2D eigenvalue weighted by molar-refractivity contribution is 0.493. The van der Waals surface area contributed by atoms with Crippen molar-refractivity contribution < 1.29 is 21.6 Å². The van der Waals surface area contributed by atoms with E-state index in [1.165, 1.54) is 12.4 Å². The van der Waals surface area contributed by atoms with Crippen LogP contribution in [-0.2, 0) is 16.6 Å². The van der Waals surface area contributed by atoms with E-state index in [0.717, 1.165) is 0 Å². The third-order valence-electron chi connectivity index (χ3n) is 2.22. The van der Waals surface area contributed by atoms with Crippen LogP contribution in [0.1, 0.15) is 5.82 Å². The number of nitrogens with zero attached hydrogens (tertiary/aromatic N) is 1. The van der Waals surface area contributed by atoms with Crippen molar-refractivity contribution in [1.82, 2.24) is 14.7 Å². The molecule has 0 saturated heterocycles. The summed E-state index contributed by atoms with van der Waals surface area (Å²) in [6.07, 6.45) is 2.85. The molecule has 19 heavy (non-hydrogen) atoms. The second-order valence-corrected chi connectivity index (χ2v) is 5.26. The maximum absolute atomic E-state index is 13.4. The first-order valence-electron chi connectivity index (χ1n) is 5.02. The molecule has 0 amide bonds. The van der Waals surface area contributed by atoms with Crippen LogP contribution in [0, 0.1) is 17.5 Å². The predicted molar refractivity (Wildman–Crippen MR) is 58.9 cm³/mol. The van der Waals surface area contributed by atoms with Gasteiger partial charge in [0.15, 0.2) is 4.90 Å². The normalized spacial score (nSPS) is 11.7. The summed E-state index contributed by atoms with van der Waals surface area (Å²) in [5, 5.41) is 0. The molecule has 1 aromatic carbocycles. The predicted octanol–water partition coefficient (Wildman–Crippen LogP) is 1.31. The molecule has 9 heteroatoms. The molecule has 0 bridgehead atoms. The molecule has 2 N–H and O–H groups in total. The molecule has 0 fully saturated rings. The Hall–Kier alpha value is -1.87. The summed E-state index contributed by atoms with van der Waals surface area (Å²) >= 11 is 0. The largest absolute Gasteiger partial charge is 0.347 e. The summed E-state index contributed by atoms with van der Waals surface area (Å²) in [6, 6.07) is 0.592. The van der Waals surface area contributed by atoms with Gasteiger partial charge in [-0.2, -0.15) is 0 Å². The second kappa shape index (κ2) is 5.02. The number of H-pyrrole nitrogens is 1. The number of imidazole rings is 1. The van der Waals surface area contributed by atoms with Crippen LogP contribution in [0.2, 0.25) is 0 Å². The van der Waals surface area contributed by atoms with Gasteiger partial charge in [0.05, 0.1) is 6.54 Å². The summed E-state index contributed by atoms with van der Waals surface area (Å²) in [4.78, 5) is 5.13. The number of sulfonamides is 1. The van der Waals surface area contributed by atoms with Crippen LogP contribution in [0.15, 0.2) is 29.4 Å². The number of aromatic nitrogens is 2. The minimum Gasteiger partial charge on any atom is -0.347 e. The van der Waals surface area contributed by atoms with Crippen molar-refractivity contribution in [2.75, 3.05) is 0 Å². The van der Waals surface area contributed by atoms with Crippen molar-refractivity contribution >= 4 is 10.0 Å². The van der Waals surface area contributed by atoms with Gasteiger partial charge in [-0.15, -0.1) is 0 Å². The topological polar surface area (TPSA) is 74.8 Å². The van der Waals surface area contributed by atoms with E-state index in [-0.39, 0.29) is 12.4 Å². The monoisotopic (exact) mass is 291 g/mol. The Bertz CT molecular complexity index is 663. The van der Waals surface area contributed by atoms with Gasteiger partial charge >= 0.3 is 0 Å². The molecular weight excluding hydrogens is 283 g/mol. The van der Waals surface area contributed by atoms with Crippen molar-refractivity contribution in [3.05, 3.63) is 47.8 Å². The lowest BCUT2D eigenvalue weighted by atomic mass is 10.3. The molecule has 0 aliphatic rings. The van der Waals surface area contributed by atoms with Crippen LogP contribution in [0.5, 0.6) is 0 Å². The molecule has 1 heterocycles. The van der Waals surface area contributed by atoms with Crippen LogP contribution >= 0.6 is 0 Å². The molecular formula is C10H8F3N3O2S. The van der Waals surface area contributed by atoms with Crippen LogP contribution in [0.25, 0.3) is 0 Å². The van der Waals surface area contributed by atoms with Gasteiger partial charge in [-0.1, -0.05) is 0 Å². The number of halogens is 3. The summed E-state index contributed by atoms with van der Waals surface area (Å²) in [5.74, 6) is -3.92. The zero-order chi connectivity index (χ0) is 14.0. The number of benzene rings is 1. The second-order valence-electron chi connectivity index (χ2n) is 3.56. The van der Waals surface area contributed by atoms with Gasteiger partial charge in [0.25, 0.3) is 0 Å². The summed E-state index contributed by atoms with van der Waals surface area (Å²) in [7, 11) is -4.44. The number of nitrogens with one attached hydrogen (secondary N) is 2. The molecule has 0 atom stereocenters. The highest BCUT2D eigenvalue weighted by Crippen LogP contribution is 2.19. The highest BCUT2D eigenvalue weighted by Gasteiger charge is 2.25. The molecule has 0 radical (unpaired) electrons. The van der Waals surface area contributed by atoms with Crippen LogP contribution in [0.3, 0.4) is 0 Å². The maximum Gasteiger partial charge on any atom is 0.246 e. The van der Waals surface area contributed by atoms with Gasteiger partial charge in [0.2, 0.25) is 10.0 Å². The van der Waals surface area contributed by atoms with Crippen LogP contribution in [-0.4, -0.2) is 18.4 Å². The Labute approximate surface area is 106 Å². The summed E-state index contributed by atoms with van der Waals surface area (Å²) in [5.41, 5.74) is 0. The molecule has 2 rings (SSSR count). The van der Waals surface area contributed by atoms with Crippen molar-refractivity contribution in [2.24, 2.45) is 0 Å². The SMILES string of the molecule is O=S(=O)(NCc1ncc[nH]1)c1c(F)cc(F)cc1F. The van der Waals surface area contributed by atoms with Gasteiger partial charge in [-0.05, 0) is 0 Å². The Morgan fingerprint density at radius 3 is 2.37 bits per heavy atom. The van der Waals surface area contributed by atoms with E-state index < -0.39 is 32.4 Å². The number of rotatable bonds is 4. The average molecular weight is 291 g/mol. The summed E-state index contributed by atoms with van der Waals surface area (Å²) < 4.78 is 64.8. The van der Waals surface area contributed by atoms with Gasteiger partial charge < -0.3 is 4.98 Å². The van der Waals surface area contributed by atoms with E-state index >= 15 is 0 Å². The van der Waals surface area contributed by atoms with E-state index in [0.29, 0.717) is 12.1 Å². The standard InChI is InChI=1S/C10H8F3N3O2S/c11-6-3-7(12)10(8(13)4-6)19(17,18)16-5-9-14-1-2-15-9/h1-4,16H,5H2,(H,14,15). The zero-order valence-electron chi connectivity index (χ0n) is 9.32. The molecule has 0 spiro atoms. The molecule has 0 saturated carbocycles. The van der Waals surface area contributed by atoms with E-state index in [9.17, 15) is 21.6 Å². The lowest BCUT2D eigenvalue weighted by Crippen LogP contribution is -2.26. The highest BCUT2D eigenvalue weighted by atomic mass is 32.2. The molecule has 1 aromatic heterocycles. The average Bonchev–Trinajstić information content (AvgIpc) is 2.77. The minimum atomic E-state index is -4.44. The Morgan fingerprint density at radius 2 is 1.84 bits per heavy atom. The first-order valence-corrected chi connectivity index (χ1v) is 6.51. The Kier molecular flexibility index (Phi) is 3.58. The molecule has 0 aliphatic heterocycles. The van der Waals surface area contributed by atoms with E-state index in [4.69, 9.17) is 0 Å². The number of hydrogen-bond donors (Lipinski definition) is 2. The highest BCUT2D eigenvalue weighted by molar-refractivity contribution is 7.89. The lowest BCUT2D eigenvalue weighted by Gasteiger charge is -2.07. The zero-order valence-corrected chi connectivity index (χ0v) is 10.1. The van der Waals surface area contributed by atoms with Gasteiger partial charge in [0, 0.05) is 24.5 Å². The number of hydrogen-bond acceptors (Lipinski definition) is 3. The first-order chi connectivity index (χ1) is 8.90. The fourth-order valence-corrected chi connectivity index (χ4v) is 2.52. The maximum atomic E-state index is 13.4. The van der Waals surface area contributed by atoms with E-state index in [2.05, 4.69) is 9.97 Å². The van der Waals surface area contributed by atoms with Crippen molar-refractivity contribution in [3.63, 3.8) is 0 Å². The van der Waals surface area contributed by atoms with Gasteiger partial charge in [-0.3, -0.25) is 0 Å². The van der Waals surface area contributed by atoms with E-state index in [1.54, 1.807) is 0 Å². The Morgan fingerprint density at radius 1 is 1.21 bits per heavy atom. The van der Waals surface area contributed by atoms with Crippen molar-refractivity contribution in [2.45, 2.75) is 11.4 Å². The first kappa shape index (κ1) is 13.6. The third kappa shape index (κ3) is 2.93. The molecule has 0 unspecified atom stereocenters. The summed E-state index contributed by atoms with van der Waals surface area (Å²) in [6.45, 7) is -0.272. The molecule has 102 valence electrons. The Balaban J connectivity index is 2.29. The van der Waals surface area contributed by atoms with Crippen molar-refractivity contribution in [3.8, 4) is 0 Å². The fraction of sp³-hybridized carbons (Fsp3) is 0.100. The third-order valence-corrected chi connectivity index (χ3v) is 3.67. The molecule has 2 aromatic rings. The number of aromatic amines is 1. The van der Waals surface area contributed by atoms with Gasteiger partial charge in [0.1, 0.15) is 23.3 Å². The quantitative estimate of drug-likeness (QED) is 0.891. The van der Waals surface area contributed by atoms with Gasteiger partial charge in [-0.25, -0.2) is 31.3 Å².